The lowest BCUT2D eigenvalue weighted by atomic mass is 10.1. The van der Waals surface area contributed by atoms with Crippen LogP contribution in [-0.2, 0) is 9.47 Å². The Labute approximate surface area is 182 Å². The van der Waals surface area contributed by atoms with Gasteiger partial charge in [-0.05, 0) is 6.42 Å². The van der Waals surface area contributed by atoms with E-state index in [2.05, 4.69) is 11.9 Å². The molecule has 0 radical (unpaired) electrons. The quantitative estimate of drug-likeness (QED) is 0.260. The average Bonchev–Trinajstić information content (AvgIpc) is 3.03. The molecule has 0 spiro atoms. The van der Waals surface area contributed by atoms with Crippen molar-refractivity contribution in [2.75, 3.05) is 18.9 Å². The van der Waals surface area contributed by atoms with E-state index in [0.717, 1.165) is 30.0 Å². The lowest BCUT2D eigenvalue weighted by Gasteiger charge is -2.18. The van der Waals surface area contributed by atoms with E-state index in [9.17, 15) is 24.9 Å². The third-order valence-corrected chi connectivity index (χ3v) is 5.47. The van der Waals surface area contributed by atoms with Crippen molar-refractivity contribution in [3.05, 3.63) is 22.2 Å². The van der Waals surface area contributed by atoms with Crippen LogP contribution in [0.4, 0.5) is 5.82 Å². The minimum atomic E-state index is -1.48. The third-order valence-electron chi connectivity index (χ3n) is 5.47. The summed E-state index contributed by atoms with van der Waals surface area (Å²) in [6.45, 7) is 1.88. The van der Waals surface area contributed by atoms with Crippen molar-refractivity contribution in [3.63, 3.8) is 0 Å². The van der Waals surface area contributed by atoms with Crippen LogP contribution < -0.4 is 11.4 Å². The Morgan fingerprint density at radius 1 is 1.13 bits per heavy atom. The predicted molar refractivity (Wildman–Crippen MR) is 113 cm³/mol. The summed E-state index contributed by atoms with van der Waals surface area (Å²) in [6, 6.07) is 0. The average molecular weight is 442 g/mol. The Kier molecular flexibility index (Phi) is 10.4. The molecule has 176 valence electrons. The third kappa shape index (κ3) is 6.99. The molecule has 10 nitrogen and oxygen atoms in total. The van der Waals surface area contributed by atoms with Gasteiger partial charge in [0.1, 0.15) is 29.7 Å². The van der Waals surface area contributed by atoms with Crippen molar-refractivity contribution >= 4 is 11.8 Å². The van der Waals surface area contributed by atoms with Gasteiger partial charge in [-0.3, -0.25) is 4.57 Å². The number of hydrogen-bond donors (Lipinski definition) is 4. The number of nitrogens with two attached hydrogens (primary N) is 1. The fourth-order valence-electron chi connectivity index (χ4n) is 3.59. The zero-order valence-corrected chi connectivity index (χ0v) is 18.1. The fraction of sp³-hybridized carbons (Fsp3) is 0.762. The monoisotopic (exact) mass is 441 g/mol. The first kappa shape index (κ1) is 25.3. The lowest BCUT2D eigenvalue weighted by Crippen LogP contribution is -2.36. The van der Waals surface area contributed by atoms with E-state index in [-0.39, 0.29) is 18.0 Å². The second kappa shape index (κ2) is 12.7. The maximum atomic E-state index is 12.4. The molecule has 1 aromatic rings. The number of carbonyl (C=O) groups is 1. The molecule has 1 aliphatic rings. The summed E-state index contributed by atoms with van der Waals surface area (Å²) in [4.78, 5) is 28.2. The molecular formula is C21H35N3O7. The highest BCUT2D eigenvalue weighted by Crippen LogP contribution is 2.28. The molecule has 2 rings (SSSR count). The Hall–Kier alpha value is -2.01. The largest absolute Gasteiger partial charge is 0.462 e. The topological polar surface area (TPSA) is 157 Å². The zero-order chi connectivity index (χ0) is 22.8. The first-order chi connectivity index (χ1) is 14.9. The van der Waals surface area contributed by atoms with Gasteiger partial charge >= 0.3 is 11.7 Å². The molecule has 1 aromatic heterocycles. The molecule has 0 bridgehead atoms. The smallest absolute Gasteiger partial charge is 0.351 e. The normalized spacial score (nSPS) is 23.2. The summed E-state index contributed by atoms with van der Waals surface area (Å²) >= 11 is 0. The van der Waals surface area contributed by atoms with Gasteiger partial charge in [0.2, 0.25) is 0 Å². The number of carbonyl (C=O) groups excluding carboxylic acids is 1. The molecule has 0 unspecified atom stereocenters. The molecule has 0 saturated carbocycles. The van der Waals surface area contributed by atoms with Gasteiger partial charge in [-0.15, -0.1) is 0 Å². The summed E-state index contributed by atoms with van der Waals surface area (Å²) in [7, 11) is 0. The predicted octanol–water partition coefficient (Wildman–Crippen LogP) is 1.12. The summed E-state index contributed by atoms with van der Waals surface area (Å²) in [5.41, 5.74) is 4.72. The molecule has 10 heteroatoms. The number of hydrogen-bond acceptors (Lipinski definition) is 9. The molecule has 1 saturated heterocycles. The molecule has 0 amide bonds. The van der Waals surface area contributed by atoms with Gasteiger partial charge in [0, 0.05) is 6.20 Å². The molecule has 1 aliphatic heterocycles. The Balaban J connectivity index is 1.85. The van der Waals surface area contributed by atoms with Gasteiger partial charge in [0.05, 0.1) is 13.2 Å². The van der Waals surface area contributed by atoms with Crippen molar-refractivity contribution in [1.82, 2.24) is 9.55 Å². The van der Waals surface area contributed by atoms with Crippen LogP contribution in [0.5, 0.6) is 0 Å². The first-order valence-electron chi connectivity index (χ1n) is 11.1. The van der Waals surface area contributed by atoms with E-state index in [1.807, 2.05) is 0 Å². The van der Waals surface area contributed by atoms with E-state index in [1.165, 1.54) is 38.5 Å². The second-order valence-electron chi connectivity index (χ2n) is 7.92. The molecular weight excluding hydrogens is 406 g/mol. The van der Waals surface area contributed by atoms with Crippen LogP contribution in [0.15, 0.2) is 11.0 Å². The zero-order valence-electron chi connectivity index (χ0n) is 18.1. The number of unbranched alkanes of at least 4 members (excludes halogenated alkanes) is 8. The van der Waals surface area contributed by atoms with E-state index in [1.54, 1.807) is 0 Å². The maximum absolute atomic E-state index is 12.4. The van der Waals surface area contributed by atoms with Gasteiger partial charge in [-0.1, -0.05) is 58.3 Å². The van der Waals surface area contributed by atoms with Crippen LogP contribution >= 0.6 is 0 Å². The minimum Gasteiger partial charge on any atom is -0.462 e. The molecule has 0 aromatic carbocycles. The number of nitrogen functional groups attached to an aromatic ring is 1. The summed E-state index contributed by atoms with van der Waals surface area (Å²) in [6.07, 6.45) is 6.10. The maximum Gasteiger partial charge on any atom is 0.351 e. The van der Waals surface area contributed by atoms with E-state index >= 15 is 0 Å². The molecule has 1 fully saturated rings. The highest BCUT2D eigenvalue weighted by Gasteiger charge is 2.44. The van der Waals surface area contributed by atoms with Crippen molar-refractivity contribution in [3.8, 4) is 0 Å². The molecule has 5 N–H and O–H groups in total. The van der Waals surface area contributed by atoms with Crippen molar-refractivity contribution < 1.29 is 29.6 Å². The summed E-state index contributed by atoms with van der Waals surface area (Å²) < 4.78 is 11.4. The van der Waals surface area contributed by atoms with E-state index < -0.39 is 42.8 Å². The Bertz CT molecular complexity index is 755. The van der Waals surface area contributed by atoms with E-state index in [4.69, 9.17) is 15.2 Å². The highest BCUT2D eigenvalue weighted by molar-refractivity contribution is 5.93. The van der Waals surface area contributed by atoms with Crippen LogP contribution in [-0.4, -0.2) is 62.4 Å². The lowest BCUT2D eigenvalue weighted by molar-refractivity contribution is -0.0550. The SMILES string of the molecule is CCCCCCCCCCCOC(=O)c1cn([C@@H]2O[C@H](CO)[C@@H](O)[C@@H]2O)c(=O)nc1N. The van der Waals surface area contributed by atoms with Crippen LogP contribution in [0, 0.1) is 0 Å². The molecule has 0 aliphatic carbocycles. The Morgan fingerprint density at radius 3 is 2.32 bits per heavy atom. The van der Waals surface area contributed by atoms with Gasteiger partial charge in [0.25, 0.3) is 0 Å². The van der Waals surface area contributed by atoms with Gasteiger partial charge in [0.15, 0.2) is 6.23 Å². The standard InChI is InChI=1S/C21H35N3O7/c1-2-3-4-5-6-7-8-9-10-11-30-20(28)14-12-24(21(29)23-18(14)22)19-17(27)16(26)15(13-25)31-19/h12,15-17,19,25-27H,2-11,13H2,1H3,(H2,22,23,29)/t15-,16-,17+,19-/m1/s1. The number of rotatable bonds is 13. The van der Waals surface area contributed by atoms with Gasteiger partial charge in [-0.2, -0.15) is 4.98 Å². The fourth-order valence-corrected chi connectivity index (χ4v) is 3.59. The molecule has 31 heavy (non-hydrogen) atoms. The summed E-state index contributed by atoms with van der Waals surface area (Å²) in [5.74, 6) is -1.02. The van der Waals surface area contributed by atoms with Gasteiger partial charge < -0.3 is 30.5 Å². The summed E-state index contributed by atoms with van der Waals surface area (Å²) in [5, 5.41) is 29.2. The molecule has 2 heterocycles. The number of aliphatic hydroxyl groups excluding tert-OH is 3. The first-order valence-corrected chi connectivity index (χ1v) is 11.1. The number of esters is 1. The number of anilines is 1. The van der Waals surface area contributed by atoms with Gasteiger partial charge in [-0.25, -0.2) is 9.59 Å². The van der Waals surface area contributed by atoms with Crippen LogP contribution in [0.1, 0.15) is 81.3 Å². The van der Waals surface area contributed by atoms with Crippen LogP contribution in [0.25, 0.3) is 0 Å². The number of nitrogens with zero attached hydrogens (tertiary/aromatic N) is 2. The second-order valence-corrected chi connectivity index (χ2v) is 7.92. The minimum absolute atomic E-state index is 0.131. The molecule has 4 atom stereocenters. The number of aliphatic hydroxyl groups is 3. The highest BCUT2D eigenvalue weighted by atomic mass is 16.6. The Morgan fingerprint density at radius 2 is 1.74 bits per heavy atom. The van der Waals surface area contributed by atoms with Crippen LogP contribution in [0.2, 0.25) is 0 Å². The van der Waals surface area contributed by atoms with Crippen molar-refractivity contribution in [2.45, 2.75) is 89.3 Å². The number of aromatic nitrogens is 2. The van der Waals surface area contributed by atoms with E-state index in [0.29, 0.717) is 0 Å². The van der Waals surface area contributed by atoms with Crippen molar-refractivity contribution in [2.24, 2.45) is 0 Å². The number of ether oxygens (including phenoxy) is 2. The van der Waals surface area contributed by atoms with Crippen molar-refractivity contribution in [1.29, 1.82) is 0 Å². The van der Waals surface area contributed by atoms with Crippen LogP contribution in [0.3, 0.4) is 0 Å².